The molecule has 292 valence electrons. The largest absolute Gasteiger partial charge is 0.459 e. The van der Waals surface area contributed by atoms with Crippen molar-refractivity contribution in [2.24, 2.45) is 29.4 Å². The van der Waals surface area contributed by atoms with Crippen LogP contribution in [0.2, 0.25) is 0 Å². The highest BCUT2D eigenvalue weighted by molar-refractivity contribution is 5.73. The zero-order valence-electron chi connectivity index (χ0n) is 32.7. The van der Waals surface area contributed by atoms with Crippen molar-refractivity contribution in [1.82, 2.24) is 4.90 Å². The predicted molar refractivity (Wildman–Crippen MR) is 186 cm³/mol. The van der Waals surface area contributed by atoms with E-state index in [0.717, 1.165) is 0 Å². The lowest BCUT2D eigenvalue weighted by atomic mass is 9.75. The fourth-order valence-corrected chi connectivity index (χ4v) is 9.26. The van der Waals surface area contributed by atoms with E-state index in [0.29, 0.717) is 19.3 Å². The third-order valence-corrected chi connectivity index (χ3v) is 12.5. The molecule has 0 amide bonds. The van der Waals surface area contributed by atoms with E-state index in [4.69, 9.17) is 38.9 Å². The standard InChI is InChI=1S/C37H68N2O11/c1-14-25-37(10)31(41)20(4)28(50-37)18(2)16-35(8,43)32(49-34-27(40)24(39(11)12)15-19(3)45-34)21(5)29(22(6)33(42)47-25)48-26-17-36(9,44-13)30(38)23(7)46-26/h18-32,34,40-41,43H,14-17,38H2,1-13H3/t18-,19-,20+,21+,22?,23+,24+,25-,26+,27-,28+,29?,30+,31+,32-,34+,35-,36-,37-/m1/s1. The number of nitrogens with zero attached hydrogens (tertiary/aromatic N) is 1. The Labute approximate surface area is 299 Å². The van der Waals surface area contributed by atoms with Gasteiger partial charge in [0.05, 0.1) is 59.8 Å². The van der Waals surface area contributed by atoms with Gasteiger partial charge in [0.15, 0.2) is 12.6 Å². The molecule has 4 heterocycles. The van der Waals surface area contributed by atoms with Crippen LogP contribution in [0.4, 0.5) is 0 Å². The average Bonchev–Trinajstić information content (AvgIpc) is 3.28. The van der Waals surface area contributed by atoms with Gasteiger partial charge in [0.25, 0.3) is 0 Å². The quantitative estimate of drug-likeness (QED) is 0.284. The number of carbonyl (C=O) groups excluding carboxylic acids is 1. The number of esters is 1. The van der Waals surface area contributed by atoms with Crippen LogP contribution < -0.4 is 5.73 Å². The van der Waals surface area contributed by atoms with Gasteiger partial charge in [-0.3, -0.25) is 4.79 Å². The summed E-state index contributed by atoms with van der Waals surface area (Å²) in [4.78, 5) is 16.2. The molecule has 0 saturated carbocycles. The van der Waals surface area contributed by atoms with Gasteiger partial charge in [-0.1, -0.05) is 27.7 Å². The van der Waals surface area contributed by atoms with Gasteiger partial charge in [0, 0.05) is 31.4 Å². The lowest BCUT2D eigenvalue weighted by molar-refractivity contribution is -0.311. The maximum Gasteiger partial charge on any atom is 0.311 e. The molecule has 2 bridgehead atoms. The minimum Gasteiger partial charge on any atom is -0.459 e. The second kappa shape index (κ2) is 15.8. The van der Waals surface area contributed by atoms with Crippen LogP contribution >= 0.6 is 0 Å². The first-order valence-electron chi connectivity index (χ1n) is 18.7. The van der Waals surface area contributed by atoms with Gasteiger partial charge >= 0.3 is 5.97 Å². The van der Waals surface area contributed by atoms with E-state index in [1.807, 2.05) is 67.5 Å². The highest BCUT2D eigenvalue weighted by atomic mass is 16.7. The molecule has 4 fully saturated rings. The topological polar surface area (TPSA) is 172 Å². The van der Waals surface area contributed by atoms with E-state index in [-0.39, 0.29) is 30.4 Å². The first kappa shape index (κ1) is 41.8. The highest BCUT2D eigenvalue weighted by Gasteiger charge is 2.58. The molecular formula is C37H68N2O11. The number of nitrogens with two attached hydrogens (primary N) is 1. The van der Waals surface area contributed by atoms with Crippen molar-refractivity contribution < 1.29 is 53.3 Å². The second-order valence-corrected chi connectivity index (χ2v) is 16.8. The lowest BCUT2D eigenvalue weighted by Gasteiger charge is -2.49. The summed E-state index contributed by atoms with van der Waals surface area (Å²) >= 11 is 0. The minimum atomic E-state index is -1.54. The fourth-order valence-electron chi connectivity index (χ4n) is 9.26. The molecule has 4 aliphatic rings. The zero-order valence-corrected chi connectivity index (χ0v) is 32.7. The molecule has 0 aliphatic carbocycles. The first-order valence-corrected chi connectivity index (χ1v) is 18.7. The van der Waals surface area contributed by atoms with Crippen LogP contribution in [0.3, 0.4) is 0 Å². The summed E-state index contributed by atoms with van der Waals surface area (Å²) in [6.07, 6.45) is -6.04. The Kier molecular flexibility index (Phi) is 13.2. The monoisotopic (exact) mass is 716 g/mol. The molecule has 2 unspecified atom stereocenters. The molecule has 0 radical (unpaired) electrons. The summed E-state index contributed by atoms with van der Waals surface area (Å²) in [5.41, 5.74) is 3.01. The number of carbonyl (C=O) groups is 1. The first-order chi connectivity index (χ1) is 23.1. The van der Waals surface area contributed by atoms with E-state index in [9.17, 15) is 20.1 Å². The summed E-state index contributed by atoms with van der Waals surface area (Å²) in [5, 5.41) is 35.7. The van der Waals surface area contributed by atoms with Gasteiger partial charge in [-0.2, -0.15) is 0 Å². The van der Waals surface area contributed by atoms with E-state index >= 15 is 0 Å². The van der Waals surface area contributed by atoms with Crippen molar-refractivity contribution in [2.45, 2.75) is 185 Å². The SMILES string of the molecule is CC[C@H]1OC(=O)C(C)C(O[C@H]2C[C@@](C)(OC)[C@@H](N)[C@H](C)O2)[C@H](C)[C@@H](O[C@@H]2O[C@H](C)C[C@H](N(C)C)[C@H]2O)[C@](C)(O)C[C@@H](C)[C@@H]2O[C@@]1(C)[C@@H](O)[C@H]2C. The van der Waals surface area contributed by atoms with Crippen LogP contribution in [0.25, 0.3) is 0 Å². The van der Waals surface area contributed by atoms with E-state index in [2.05, 4.69) is 0 Å². The number of cyclic esters (lactones) is 1. The molecule has 0 spiro atoms. The number of hydrogen-bond donors (Lipinski definition) is 4. The Morgan fingerprint density at radius 2 is 1.62 bits per heavy atom. The van der Waals surface area contributed by atoms with Crippen LogP contribution in [-0.2, 0) is 38.0 Å². The highest BCUT2D eigenvalue weighted by Crippen LogP contribution is 2.46. The molecule has 13 heteroatoms. The van der Waals surface area contributed by atoms with E-state index < -0.39 is 96.0 Å². The molecule has 4 rings (SSSR count). The van der Waals surface area contributed by atoms with Crippen LogP contribution in [0.5, 0.6) is 0 Å². The van der Waals surface area contributed by atoms with Crippen LogP contribution in [0.1, 0.15) is 94.9 Å². The van der Waals surface area contributed by atoms with Crippen molar-refractivity contribution in [1.29, 1.82) is 0 Å². The Morgan fingerprint density at radius 1 is 0.980 bits per heavy atom. The van der Waals surface area contributed by atoms with E-state index in [1.54, 1.807) is 27.9 Å². The van der Waals surface area contributed by atoms with Gasteiger partial charge in [-0.05, 0) is 80.8 Å². The van der Waals surface area contributed by atoms with Crippen LogP contribution in [0, 0.1) is 23.7 Å². The Morgan fingerprint density at radius 3 is 2.20 bits per heavy atom. The molecule has 13 nitrogen and oxygen atoms in total. The summed E-state index contributed by atoms with van der Waals surface area (Å²) in [6, 6.07) is -0.665. The van der Waals surface area contributed by atoms with Gasteiger partial charge < -0.3 is 59.1 Å². The van der Waals surface area contributed by atoms with Crippen LogP contribution in [0.15, 0.2) is 0 Å². The number of methoxy groups -OCH3 is 1. The summed E-state index contributed by atoms with van der Waals surface area (Å²) in [5.74, 6) is -2.64. The lowest BCUT2D eigenvalue weighted by Crippen LogP contribution is -2.62. The minimum absolute atomic E-state index is 0.218. The molecule has 5 N–H and O–H groups in total. The summed E-state index contributed by atoms with van der Waals surface area (Å²) in [7, 11) is 5.41. The summed E-state index contributed by atoms with van der Waals surface area (Å²) in [6.45, 7) is 18.6. The average molecular weight is 717 g/mol. The van der Waals surface area contributed by atoms with Gasteiger partial charge in [0.1, 0.15) is 17.8 Å². The number of likely N-dealkylation sites (N-methyl/N-ethyl adjacent to an activating group) is 1. The second-order valence-electron chi connectivity index (χ2n) is 16.8. The number of rotatable bonds is 7. The Bertz CT molecular complexity index is 1140. The van der Waals surface area contributed by atoms with E-state index in [1.165, 1.54) is 0 Å². The van der Waals surface area contributed by atoms with Gasteiger partial charge in [-0.25, -0.2) is 0 Å². The van der Waals surface area contributed by atoms with Gasteiger partial charge in [-0.15, -0.1) is 0 Å². The number of fused-ring (bicyclic) bond motifs is 2. The Hall–Kier alpha value is -0.970. The molecular weight excluding hydrogens is 648 g/mol. The predicted octanol–water partition coefficient (Wildman–Crippen LogP) is 2.59. The fraction of sp³-hybridized carbons (Fsp3) is 0.973. The van der Waals surface area contributed by atoms with Crippen molar-refractivity contribution >= 4 is 5.97 Å². The number of aliphatic hydroxyl groups is 3. The molecule has 4 saturated heterocycles. The Balaban J connectivity index is 1.81. The molecule has 0 aromatic rings. The third-order valence-electron chi connectivity index (χ3n) is 12.5. The normalized spacial score (nSPS) is 52.6. The van der Waals surface area contributed by atoms with Crippen molar-refractivity contribution in [3.8, 4) is 0 Å². The maximum absolute atomic E-state index is 14.2. The van der Waals surface area contributed by atoms with Gasteiger partial charge in [0.2, 0.25) is 0 Å². The molecule has 50 heavy (non-hydrogen) atoms. The summed E-state index contributed by atoms with van der Waals surface area (Å²) < 4.78 is 44.7. The molecule has 19 atom stereocenters. The smallest absolute Gasteiger partial charge is 0.311 e. The van der Waals surface area contributed by atoms with Crippen LogP contribution in [-0.4, -0.2) is 138 Å². The molecule has 0 aromatic carbocycles. The van der Waals surface area contributed by atoms with Crippen molar-refractivity contribution in [2.75, 3.05) is 21.2 Å². The number of hydrogen-bond acceptors (Lipinski definition) is 13. The third kappa shape index (κ3) is 8.08. The van der Waals surface area contributed by atoms with Crippen molar-refractivity contribution in [3.05, 3.63) is 0 Å². The maximum atomic E-state index is 14.2. The molecule has 0 aromatic heterocycles. The zero-order chi connectivity index (χ0) is 37.7. The van der Waals surface area contributed by atoms with Crippen molar-refractivity contribution in [3.63, 3.8) is 0 Å². The number of aliphatic hydroxyl groups excluding tert-OH is 2. The molecule has 4 aliphatic heterocycles. The number of ether oxygens (including phenoxy) is 7.